The number of benzene rings is 2. The first-order valence-corrected chi connectivity index (χ1v) is 7.13. The summed E-state index contributed by atoms with van der Waals surface area (Å²) >= 11 is 6.18. The van der Waals surface area contributed by atoms with E-state index in [0.717, 1.165) is 23.3 Å². The summed E-state index contributed by atoms with van der Waals surface area (Å²) in [5, 5.41) is 5.14. The van der Waals surface area contributed by atoms with Gasteiger partial charge in [-0.05, 0) is 24.2 Å². The number of fused-ring (bicyclic) bond motifs is 1. The predicted molar refractivity (Wildman–Crippen MR) is 83.2 cm³/mol. The number of halogens is 1. The minimum absolute atomic E-state index is 0.0460. The fraction of sp³-hybridized carbons (Fsp3) is 0.176. The van der Waals surface area contributed by atoms with Crippen LogP contribution in [0.4, 0.5) is 0 Å². The van der Waals surface area contributed by atoms with Crippen molar-refractivity contribution in [3.05, 3.63) is 70.9 Å². The van der Waals surface area contributed by atoms with E-state index in [1.54, 1.807) is 0 Å². The maximum Gasteiger partial charge on any atom is 0.152 e. The molecule has 0 saturated carbocycles. The Labute approximate surface area is 123 Å². The first kappa shape index (κ1) is 13.2. The van der Waals surface area contributed by atoms with Gasteiger partial charge in [-0.1, -0.05) is 61.0 Å². The van der Waals surface area contributed by atoms with Crippen LogP contribution in [0.25, 0.3) is 11.0 Å². The maximum atomic E-state index is 6.18. The highest BCUT2D eigenvalue weighted by molar-refractivity contribution is 6.34. The topological polar surface area (TPSA) is 25.2 Å². The number of rotatable bonds is 4. The van der Waals surface area contributed by atoms with Gasteiger partial charge in [-0.25, -0.2) is 0 Å². The monoisotopic (exact) mass is 285 g/mol. The lowest BCUT2D eigenvalue weighted by molar-refractivity contribution is 0.477. The molecule has 102 valence electrons. The van der Waals surface area contributed by atoms with Gasteiger partial charge in [0.2, 0.25) is 0 Å². The van der Waals surface area contributed by atoms with E-state index in [0.29, 0.717) is 5.02 Å². The van der Waals surface area contributed by atoms with Crippen LogP contribution in [-0.2, 0) is 0 Å². The Kier molecular flexibility index (Phi) is 3.77. The molecule has 0 aliphatic rings. The first-order valence-electron chi connectivity index (χ1n) is 6.76. The van der Waals surface area contributed by atoms with Crippen LogP contribution in [0.5, 0.6) is 0 Å². The lowest BCUT2D eigenvalue weighted by atomic mass is 10.0. The Bertz CT molecular complexity index is 705. The van der Waals surface area contributed by atoms with Crippen LogP contribution >= 0.6 is 11.6 Å². The summed E-state index contributed by atoms with van der Waals surface area (Å²) in [4.78, 5) is 0. The molecular weight excluding hydrogens is 270 g/mol. The van der Waals surface area contributed by atoms with E-state index in [9.17, 15) is 0 Å². The van der Waals surface area contributed by atoms with Crippen molar-refractivity contribution in [3.8, 4) is 0 Å². The third-order valence-electron chi connectivity index (χ3n) is 3.34. The largest absolute Gasteiger partial charge is 0.457 e. The zero-order valence-electron chi connectivity index (χ0n) is 11.3. The predicted octanol–water partition coefficient (Wildman–Crippen LogP) is 4.79. The van der Waals surface area contributed by atoms with E-state index in [2.05, 4.69) is 30.4 Å². The van der Waals surface area contributed by atoms with Crippen molar-refractivity contribution in [2.45, 2.75) is 13.0 Å². The van der Waals surface area contributed by atoms with Crippen molar-refractivity contribution in [3.63, 3.8) is 0 Å². The second-order valence-corrected chi connectivity index (χ2v) is 5.12. The van der Waals surface area contributed by atoms with Gasteiger partial charge in [0.1, 0.15) is 5.76 Å². The van der Waals surface area contributed by atoms with Gasteiger partial charge in [0.15, 0.2) is 5.58 Å². The lowest BCUT2D eigenvalue weighted by Crippen LogP contribution is -2.21. The molecule has 2 aromatic carbocycles. The molecule has 0 spiro atoms. The standard InChI is InChI=1S/C17H16ClNO/c1-2-19-16(12-7-4-3-5-8-12)15-11-13-9-6-10-14(18)17(13)20-15/h3-11,16,19H,2H2,1H3. The normalized spacial score (nSPS) is 12.7. The Hall–Kier alpha value is -1.77. The molecule has 1 atom stereocenters. The van der Waals surface area contributed by atoms with Gasteiger partial charge < -0.3 is 9.73 Å². The molecule has 1 heterocycles. The summed E-state index contributed by atoms with van der Waals surface area (Å²) in [5.41, 5.74) is 1.94. The molecule has 1 unspecified atom stereocenters. The van der Waals surface area contributed by atoms with E-state index in [4.69, 9.17) is 16.0 Å². The van der Waals surface area contributed by atoms with Crippen LogP contribution in [0.2, 0.25) is 5.02 Å². The van der Waals surface area contributed by atoms with Gasteiger partial charge in [-0.3, -0.25) is 0 Å². The molecule has 0 radical (unpaired) electrons. The number of nitrogens with one attached hydrogen (secondary N) is 1. The minimum atomic E-state index is 0.0460. The van der Waals surface area contributed by atoms with Gasteiger partial charge in [-0.15, -0.1) is 0 Å². The highest BCUT2D eigenvalue weighted by Crippen LogP contribution is 2.31. The van der Waals surface area contributed by atoms with Crippen LogP contribution in [0.3, 0.4) is 0 Å². The molecular formula is C17H16ClNO. The van der Waals surface area contributed by atoms with E-state index in [-0.39, 0.29) is 6.04 Å². The zero-order valence-corrected chi connectivity index (χ0v) is 12.0. The SMILES string of the molecule is CCNC(c1ccccc1)c1cc2cccc(Cl)c2o1. The molecule has 1 N–H and O–H groups in total. The highest BCUT2D eigenvalue weighted by atomic mass is 35.5. The summed E-state index contributed by atoms with van der Waals surface area (Å²) in [7, 11) is 0. The molecule has 3 heteroatoms. The van der Waals surface area contributed by atoms with Crippen molar-refractivity contribution in [2.75, 3.05) is 6.54 Å². The highest BCUT2D eigenvalue weighted by Gasteiger charge is 2.18. The number of furan rings is 1. The van der Waals surface area contributed by atoms with Gasteiger partial charge >= 0.3 is 0 Å². The van der Waals surface area contributed by atoms with Gasteiger partial charge in [-0.2, -0.15) is 0 Å². The number of para-hydroxylation sites is 1. The molecule has 0 fully saturated rings. The number of hydrogen-bond donors (Lipinski definition) is 1. The van der Waals surface area contributed by atoms with E-state index < -0.39 is 0 Å². The summed E-state index contributed by atoms with van der Waals surface area (Å²) in [5.74, 6) is 0.890. The Morgan fingerprint density at radius 3 is 2.60 bits per heavy atom. The van der Waals surface area contributed by atoms with E-state index in [1.807, 2.05) is 36.4 Å². The van der Waals surface area contributed by atoms with Crippen molar-refractivity contribution >= 4 is 22.6 Å². The van der Waals surface area contributed by atoms with Crippen LogP contribution < -0.4 is 5.32 Å². The Balaban J connectivity index is 2.08. The molecule has 3 aromatic rings. The lowest BCUT2D eigenvalue weighted by Gasteiger charge is -2.15. The van der Waals surface area contributed by atoms with Gasteiger partial charge in [0.05, 0.1) is 11.1 Å². The summed E-state index contributed by atoms with van der Waals surface area (Å²) in [6.07, 6.45) is 0. The molecule has 20 heavy (non-hydrogen) atoms. The van der Waals surface area contributed by atoms with Crippen molar-refractivity contribution in [1.82, 2.24) is 5.32 Å². The van der Waals surface area contributed by atoms with Crippen molar-refractivity contribution < 1.29 is 4.42 Å². The Morgan fingerprint density at radius 2 is 1.90 bits per heavy atom. The van der Waals surface area contributed by atoms with Crippen LogP contribution in [0, 0.1) is 0 Å². The Morgan fingerprint density at radius 1 is 1.10 bits per heavy atom. The fourth-order valence-corrected chi connectivity index (χ4v) is 2.64. The second-order valence-electron chi connectivity index (χ2n) is 4.71. The molecule has 1 aromatic heterocycles. The van der Waals surface area contributed by atoms with E-state index >= 15 is 0 Å². The average molecular weight is 286 g/mol. The number of hydrogen-bond acceptors (Lipinski definition) is 2. The van der Waals surface area contributed by atoms with Crippen molar-refractivity contribution in [1.29, 1.82) is 0 Å². The zero-order chi connectivity index (χ0) is 13.9. The molecule has 0 aliphatic carbocycles. The molecule has 0 bridgehead atoms. The van der Waals surface area contributed by atoms with Crippen LogP contribution in [0.1, 0.15) is 24.3 Å². The quantitative estimate of drug-likeness (QED) is 0.746. The first-order chi connectivity index (χ1) is 9.79. The molecule has 2 nitrogen and oxygen atoms in total. The third-order valence-corrected chi connectivity index (χ3v) is 3.64. The smallest absolute Gasteiger partial charge is 0.152 e. The van der Waals surface area contributed by atoms with Gasteiger partial charge in [0, 0.05) is 5.39 Å². The van der Waals surface area contributed by atoms with Crippen LogP contribution in [-0.4, -0.2) is 6.54 Å². The van der Waals surface area contributed by atoms with Crippen LogP contribution in [0.15, 0.2) is 59.0 Å². The maximum absolute atomic E-state index is 6.18. The average Bonchev–Trinajstić information content (AvgIpc) is 2.91. The van der Waals surface area contributed by atoms with Gasteiger partial charge in [0.25, 0.3) is 0 Å². The van der Waals surface area contributed by atoms with Crippen molar-refractivity contribution in [2.24, 2.45) is 0 Å². The third kappa shape index (κ3) is 2.45. The minimum Gasteiger partial charge on any atom is -0.457 e. The summed E-state index contributed by atoms with van der Waals surface area (Å²) < 4.78 is 5.97. The summed E-state index contributed by atoms with van der Waals surface area (Å²) in [6, 6.07) is 18.2. The molecule has 3 rings (SSSR count). The fourth-order valence-electron chi connectivity index (χ4n) is 2.42. The second kappa shape index (κ2) is 5.70. The molecule has 0 saturated heterocycles. The molecule has 0 aliphatic heterocycles. The summed E-state index contributed by atoms with van der Waals surface area (Å²) in [6.45, 7) is 2.95. The molecule has 0 amide bonds. The van der Waals surface area contributed by atoms with E-state index in [1.165, 1.54) is 5.56 Å².